The number of hydrogen-bond donors (Lipinski definition) is 0. The van der Waals surface area contributed by atoms with Crippen LogP contribution in [0.2, 0.25) is 0 Å². The summed E-state index contributed by atoms with van der Waals surface area (Å²) in [7, 11) is 0. The van der Waals surface area contributed by atoms with E-state index >= 15 is 0 Å². The zero-order valence-electron chi connectivity index (χ0n) is 17.3. The molecule has 1 aromatic carbocycles. The molecule has 3 aliphatic rings. The molecule has 7 nitrogen and oxygen atoms in total. The number of piperidine rings is 2. The van der Waals surface area contributed by atoms with Crippen molar-refractivity contribution in [2.24, 2.45) is 0 Å². The maximum Gasteiger partial charge on any atom is 0.165 e. The van der Waals surface area contributed by atoms with Gasteiger partial charge >= 0.3 is 0 Å². The van der Waals surface area contributed by atoms with Crippen molar-refractivity contribution in [2.45, 2.75) is 24.9 Å². The second-order valence-corrected chi connectivity index (χ2v) is 8.30. The fourth-order valence-corrected chi connectivity index (χ4v) is 4.97. The van der Waals surface area contributed by atoms with Crippen molar-refractivity contribution in [3.8, 4) is 17.5 Å². The first kappa shape index (κ1) is 18.8. The zero-order chi connectivity index (χ0) is 21.7. The summed E-state index contributed by atoms with van der Waals surface area (Å²) in [5, 5.41) is 14.1. The molecule has 3 aliphatic heterocycles. The number of anilines is 2. The van der Waals surface area contributed by atoms with Crippen LogP contribution in [0.15, 0.2) is 61.1 Å². The second-order valence-electron chi connectivity index (χ2n) is 8.30. The Labute approximate surface area is 184 Å². The molecule has 0 N–H and O–H groups in total. The van der Waals surface area contributed by atoms with E-state index in [1.165, 1.54) is 6.07 Å². The molecule has 0 radical (unpaired) electrons. The van der Waals surface area contributed by atoms with E-state index in [2.05, 4.69) is 26.0 Å². The van der Waals surface area contributed by atoms with E-state index in [4.69, 9.17) is 4.98 Å². The Hall–Kier alpha value is -3.99. The molecule has 158 valence electrons. The van der Waals surface area contributed by atoms with Crippen LogP contribution in [0.5, 0.6) is 0 Å². The van der Waals surface area contributed by atoms with Crippen molar-refractivity contribution < 1.29 is 4.39 Å². The van der Waals surface area contributed by atoms with Crippen molar-refractivity contribution in [3.63, 3.8) is 0 Å². The number of halogens is 1. The summed E-state index contributed by atoms with van der Waals surface area (Å²) in [5.41, 5.74) is 3.13. The van der Waals surface area contributed by atoms with Crippen LogP contribution in [0.3, 0.4) is 0 Å². The van der Waals surface area contributed by atoms with Gasteiger partial charge in [-0.2, -0.15) is 10.4 Å². The Bertz CT molecular complexity index is 1360. The fourth-order valence-electron chi connectivity index (χ4n) is 4.97. The summed E-state index contributed by atoms with van der Waals surface area (Å²) in [6.07, 6.45) is 7.29. The van der Waals surface area contributed by atoms with Gasteiger partial charge in [-0.15, -0.1) is 0 Å². The van der Waals surface area contributed by atoms with Crippen LogP contribution in [0, 0.1) is 17.1 Å². The molecule has 0 unspecified atom stereocenters. The van der Waals surface area contributed by atoms with E-state index in [1.54, 1.807) is 29.0 Å². The van der Waals surface area contributed by atoms with Gasteiger partial charge in [-0.1, -0.05) is 12.1 Å². The van der Waals surface area contributed by atoms with Crippen LogP contribution in [-0.4, -0.2) is 44.8 Å². The van der Waals surface area contributed by atoms with Gasteiger partial charge in [-0.3, -0.25) is 0 Å². The van der Waals surface area contributed by atoms with E-state index in [0.29, 0.717) is 17.2 Å². The van der Waals surface area contributed by atoms with Gasteiger partial charge in [0.2, 0.25) is 0 Å². The maximum atomic E-state index is 13.8. The van der Waals surface area contributed by atoms with Gasteiger partial charge in [0, 0.05) is 37.1 Å². The normalized spacial score (nSPS) is 20.0. The van der Waals surface area contributed by atoms with Crippen molar-refractivity contribution in [2.75, 3.05) is 22.9 Å². The first-order valence-corrected chi connectivity index (χ1v) is 10.7. The molecule has 0 saturated carbocycles. The van der Waals surface area contributed by atoms with E-state index in [9.17, 15) is 9.65 Å². The quantitative estimate of drug-likeness (QED) is 0.499. The molecule has 2 bridgehead atoms. The molecule has 6 heterocycles. The monoisotopic (exact) mass is 425 g/mol. The van der Waals surface area contributed by atoms with Crippen LogP contribution in [-0.2, 0) is 0 Å². The highest BCUT2D eigenvalue weighted by Gasteiger charge is 2.40. The average Bonchev–Trinajstić information content (AvgIpc) is 3.28. The number of piperazine rings is 1. The summed E-state index contributed by atoms with van der Waals surface area (Å²) in [5.74, 6) is 1.01. The molecule has 2 atom stereocenters. The van der Waals surface area contributed by atoms with Crippen molar-refractivity contribution in [3.05, 3.63) is 72.4 Å². The molecule has 8 heteroatoms. The van der Waals surface area contributed by atoms with Crippen LogP contribution < -0.4 is 9.80 Å². The lowest BCUT2D eigenvalue weighted by Gasteiger charge is -2.53. The molecule has 3 fully saturated rings. The predicted molar refractivity (Wildman–Crippen MR) is 119 cm³/mol. The third-order valence-electron chi connectivity index (χ3n) is 6.50. The molecule has 0 amide bonds. The minimum absolute atomic E-state index is 0.196. The smallest absolute Gasteiger partial charge is 0.165 e. The largest absolute Gasteiger partial charge is 0.365 e. The fraction of sp³-hybridized carbons (Fsp3) is 0.250. The Morgan fingerprint density at radius 1 is 1.00 bits per heavy atom. The highest BCUT2D eigenvalue weighted by molar-refractivity contribution is 5.76. The van der Waals surface area contributed by atoms with Gasteiger partial charge in [0.15, 0.2) is 11.6 Å². The predicted octanol–water partition coefficient (Wildman–Crippen LogP) is 3.66. The minimum Gasteiger partial charge on any atom is -0.365 e. The second kappa shape index (κ2) is 7.31. The first-order chi connectivity index (χ1) is 15.7. The lowest BCUT2D eigenvalue weighted by molar-refractivity contribution is 0.332. The standard InChI is InChI=1S/C24H20FN7/c25-17-4-3-5-18(10-17)30-14-20-8-7-19(30)15-31(20)24-16(11-26)12-27-23(29-24)21-13-28-32-9-2-1-6-22(21)32/h1-6,9-10,12-13,19-20H,7-8,14-15H2/t19-,20-/m0/s1. The minimum atomic E-state index is -0.221. The third-order valence-corrected chi connectivity index (χ3v) is 6.50. The summed E-state index contributed by atoms with van der Waals surface area (Å²) in [6, 6.07) is 15.3. The Kier molecular flexibility index (Phi) is 4.28. The van der Waals surface area contributed by atoms with Crippen LogP contribution in [0.4, 0.5) is 15.9 Å². The Morgan fingerprint density at radius 3 is 2.62 bits per heavy atom. The van der Waals surface area contributed by atoms with Crippen LogP contribution in [0.1, 0.15) is 18.4 Å². The highest BCUT2D eigenvalue weighted by atomic mass is 19.1. The molecule has 3 saturated heterocycles. The number of pyridine rings is 1. The van der Waals surface area contributed by atoms with E-state index in [1.807, 2.05) is 30.5 Å². The number of rotatable bonds is 3. The summed E-state index contributed by atoms with van der Waals surface area (Å²) < 4.78 is 15.6. The SMILES string of the molecule is N#Cc1cnc(-c2cnn3ccccc23)nc1N1C[C@@H]2CC[C@H]1CN2c1cccc(F)c1. The third kappa shape index (κ3) is 2.97. The number of aromatic nitrogens is 4. The zero-order valence-corrected chi connectivity index (χ0v) is 17.3. The molecule has 0 aliphatic carbocycles. The number of nitriles is 1. The number of hydrogen-bond acceptors (Lipinski definition) is 6. The summed E-state index contributed by atoms with van der Waals surface area (Å²) in [6.45, 7) is 1.51. The topological polar surface area (TPSA) is 73.3 Å². The maximum absolute atomic E-state index is 13.8. The molecule has 4 aromatic rings. The molecular formula is C24H20FN7. The molecule has 32 heavy (non-hydrogen) atoms. The lowest BCUT2D eigenvalue weighted by atomic mass is 9.90. The number of nitrogens with zero attached hydrogens (tertiary/aromatic N) is 7. The van der Waals surface area contributed by atoms with Gasteiger partial charge in [0.25, 0.3) is 0 Å². The van der Waals surface area contributed by atoms with Gasteiger partial charge in [-0.25, -0.2) is 18.9 Å². The van der Waals surface area contributed by atoms with Gasteiger partial charge in [-0.05, 0) is 43.2 Å². The van der Waals surface area contributed by atoms with Gasteiger partial charge in [0.05, 0.1) is 23.5 Å². The first-order valence-electron chi connectivity index (χ1n) is 10.7. The van der Waals surface area contributed by atoms with Crippen molar-refractivity contribution in [1.29, 1.82) is 5.26 Å². The van der Waals surface area contributed by atoms with Crippen molar-refractivity contribution in [1.82, 2.24) is 19.6 Å². The van der Waals surface area contributed by atoms with Crippen LogP contribution in [0.25, 0.3) is 16.9 Å². The number of benzene rings is 1. The van der Waals surface area contributed by atoms with E-state index < -0.39 is 0 Å². The molecular weight excluding hydrogens is 405 g/mol. The lowest BCUT2D eigenvalue weighted by Crippen LogP contribution is -2.63. The van der Waals surface area contributed by atoms with Gasteiger partial charge in [0.1, 0.15) is 17.4 Å². The summed E-state index contributed by atoms with van der Waals surface area (Å²) >= 11 is 0. The molecule has 7 rings (SSSR count). The van der Waals surface area contributed by atoms with E-state index in [0.717, 1.165) is 42.7 Å². The van der Waals surface area contributed by atoms with Crippen molar-refractivity contribution >= 4 is 17.0 Å². The Balaban J connectivity index is 1.36. The molecule has 0 spiro atoms. The molecule has 3 aromatic heterocycles. The van der Waals surface area contributed by atoms with Crippen LogP contribution >= 0.6 is 0 Å². The average molecular weight is 425 g/mol. The summed E-state index contributed by atoms with van der Waals surface area (Å²) in [4.78, 5) is 13.8. The highest BCUT2D eigenvalue weighted by Crippen LogP contribution is 2.36. The van der Waals surface area contributed by atoms with E-state index in [-0.39, 0.29) is 17.9 Å². The Morgan fingerprint density at radius 2 is 1.84 bits per heavy atom. The number of fused-ring (bicyclic) bond motifs is 4. The van der Waals surface area contributed by atoms with Gasteiger partial charge < -0.3 is 9.80 Å².